The molecule has 0 spiro atoms. The topological polar surface area (TPSA) is 158 Å². The lowest BCUT2D eigenvalue weighted by atomic mass is 9.89. The first-order valence-electron chi connectivity index (χ1n) is 14.2. The van der Waals surface area contributed by atoms with E-state index in [0.717, 1.165) is 12.1 Å². The van der Waals surface area contributed by atoms with Crippen LogP contribution in [0.15, 0.2) is 48.6 Å². The summed E-state index contributed by atoms with van der Waals surface area (Å²) in [4.78, 5) is 26.0. The molecule has 0 amide bonds. The summed E-state index contributed by atoms with van der Waals surface area (Å²) in [6.07, 6.45) is 2.65. The Morgan fingerprint density at radius 3 is 2.60 bits per heavy atom. The highest BCUT2D eigenvalue weighted by Crippen LogP contribution is 2.36. The zero-order chi connectivity index (χ0) is 31.7. The second-order valence-corrected chi connectivity index (χ2v) is 10.1. The van der Waals surface area contributed by atoms with E-state index in [4.69, 9.17) is 14.2 Å². The summed E-state index contributed by atoms with van der Waals surface area (Å²) in [5.74, 6) is -1.12. The zero-order valence-electron chi connectivity index (χ0n) is 23.8. The van der Waals surface area contributed by atoms with Crippen molar-refractivity contribution >= 4 is 5.97 Å². The minimum atomic E-state index is -4.51. The second-order valence-electron chi connectivity index (χ2n) is 10.1. The summed E-state index contributed by atoms with van der Waals surface area (Å²) in [6.45, 7) is 0.450. The number of benzene rings is 1. The summed E-state index contributed by atoms with van der Waals surface area (Å²) in [5.41, 5.74) is -0.857. The Balaban J connectivity index is 1.63. The van der Waals surface area contributed by atoms with Crippen LogP contribution >= 0.6 is 0 Å². The molecule has 1 aliphatic rings. The molecule has 14 heteroatoms. The minimum Gasteiger partial charge on any atom is -0.491 e. The van der Waals surface area contributed by atoms with E-state index >= 15 is 0 Å². The van der Waals surface area contributed by atoms with Crippen molar-refractivity contribution in [3.8, 4) is 5.75 Å². The third-order valence-electron chi connectivity index (χ3n) is 6.75. The number of hydrogen-bond acceptors (Lipinski definition) is 10. The molecule has 1 aromatic rings. The summed E-state index contributed by atoms with van der Waals surface area (Å²) in [6, 6.07) is 4.34. The number of allylic oxidation sites excluding steroid dienone is 2. The van der Waals surface area contributed by atoms with Gasteiger partial charge in [-0.1, -0.05) is 30.4 Å². The summed E-state index contributed by atoms with van der Waals surface area (Å²) >= 11 is 0. The number of aliphatic hydroxyl groups is 3. The van der Waals surface area contributed by atoms with Crippen LogP contribution in [0.1, 0.15) is 50.5 Å². The maximum absolute atomic E-state index is 12.9. The van der Waals surface area contributed by atoms with Crippen molar-refractivity contribution in [3.05, 3.63) is 64.2 Å². The fourth-order valence-corrected chi connectivity index (χ4v) is 4.53. The van der Waals surface area contributed by atoms with Crippen LogP contribution in [0.3, 0.4) is 0 Å². The third-order valence-corrected chi connectivity index (χ3v) is 6.75. The molecule has 2 rings (SSSR count). The van der Waals surface area contributed by atoms with Gasteiger partial charge in [-0.15, -0.1) is 10.1 Å². The second kappa shape index (κ2) is 19.2. The molecule has 0 radical (unpaired) electrons. The average Bonchev–Trinajstić information content (AvgIpc) is 3.22. The Morgan fingerprint density at radius 1 is 1.09 bits per heavy atom. The zero-order valence-corrected chi connectivity index (χ0v) is 23.8. The molecule has 3 N–H and O–H groups in total. The number of aliphatic hydroxyl groups excluding tert-OH is 3. The van der Waals surface area contributed by atoms with Crippen molar-refractivity contribution in [1.82, 2.24) is 0 Å². The number of halogens is 3. The number of nitrogens with zero attached hydrogens (tertiary/aromatic N) is 1. The van der Waals surface area contributed by atoms with Crippen LogP contribution in [-0.4, -0.2) is 77.7 Å². The molecule has 0 saturated heterocycles. The Hall–Kier alpha value is -3.20. The molecule has 0 aromatic heterocycles. The molecule has 1 aromatic carbocycles. The molecule has 1 saturated carbocycles. The molecule has 1 aliphatic carbocycles. The number of carbonyl (C=O) groups is 1. The largest absolute Gasteiger partial charge is 0.491 e. The summed E-state index contributed by atoms with van der Waals surface area (Å²) in [5, 5.41) is 40.2. The van der Waals surface area contributed by atoms with Crippen molar-refractivity contribution < 1.29 is 57.4 Å². The smallest absolute Gasteiger partial charge is 0.416 e. The van der Waals surface area contributed by atoms with Gasteiger partial charge in [0.2, 0.25) is 0 Å². The van der Waals surface area contributed by atoms with Gasteiger partial charge in [0.15, 0.2) is 0 Å². The van der Waals surface area contributed by atoms with Crippen molar-refractivity contribution in [1.29, 1.82) is 0 Å². The molecule has 11 nitrogen and oxygen atoms in total. The Morgan fingerprint density at radius 2 is 1.86 bits per heavy atom. The van der Waals surface area contributed by atoms with E-state index in [-0.39, 0.29) is 56.9 Å². The number of esters is 1. The minimum absolute atomic E-state index is 0.0120. The highest BCUT2D eigenvalue weighted by molar-refractivity contribution is 5.69. The van der Waals surface area contributed by atoms with Gasteiger partial charge in [-0.2, -0.15) is 13.2 Å². The first-order chi connectivity index (χ1) is 20.5. The number of alkyl halides is 3. The van der Waals surface area contributed by atoms with Crippen LogP contribution in [0.5, 0.6) is 5.75 Å². The first-order valence-corrected chi connectivity index (χ1v) is 14.2. The number of ether oxygens (including phenoxy) is 3. The fraction of sp³-hybridized carbons (Fsp3) is 0.621. The van der Waals surface area contributed by atoms with Crippen LogP contribution in [0.25, 0.3) is 0 Å². The molecule has 0 bridgehead atoms. The van der Waals surface area contributed by atoms with Crippen LogP contribution in [-0.2, 0) is 25.3 Å². The van der Waals surface area contributed by atoms with Crippen LogP contribution in [0.2, 0.25) is 0 Å². The Kier molecular flexibility index (Phi) is 16.0. The van der Waals surface area contributed by atoms with Crippen LogP contribution < -0.4 is 4.74 Å². The number of hydrogen-bond donors (Lipinski definition) is 3. The van der Waals surface area contributed by atoms with Crippen LogP contribution in [0, 0.1) is 22.0 Å². The monoisotopic (exact) mass is 619 g/mol. The van der Waals surface area contributed by atoms with E-state index in [1.54, 1.807) is 6.08 Å². The van der Waals surface area contributed by atoms with E-state index in [2.05, 4.69) is 4.84 Å². The lowest BCUT2D eigenvalue weighted by Crippen LogP contribution is -2.21. The molecule has 43 heavy (non-hydrogen) atoms. The van der Waals surface area contributed by atoms with Crippen molar-refractivity contribution in [2.45, 2.75) is 69.4 Å². The predicted octanol–water partition coefficient (Wildman–Crippen LogP) is 4.02. The van der Waals surface area contributed by atoms with E-state index in [1.807, 2.05) is 12.2 Å². The molecular weight excluding hydrogens is 579 g/mol. The number of unbranched alkanes of at least 4 members (excludes halogenated alkanes) is 2. The van der Waals surface area contributed by atoms with Crippen molar-refractivity contribution in [3.63, 3.8) is 0 Å². The Bertz CT molecular complexity index is 1040. The SMILES string of the molecule is O=C(CCCC=CC[C@@H]1[C@@H](C=C[C@@H](O)COc2cccc(C(F)(F)F)c2)[C@H](O)C[C@@H]1O)OCCOCCCCO[N+](=O)[O-]. The fourth-order valence-electron chi connectivity index (χ4n) is 4.53. The van der Waals surface area contributed by atoms with E-state index < -0.39 is 41.1 Å². The van der Waals surface area contributed by atoms with Gasteiger partial charge in [-0.05, 0) is 56.2 Å². The lowest BCUT2D eigenvalue weighted by molar-refractivity contribution is -0.757. The normalized spacial score (nSPS) is 21.3. The van der Waals surface area contributed by atoms with Gasteiger partial charge >= 0.3 is 12.1 Å². The van der Waals surface area contributed by atoms with E-state index in [9.17, 15) is 43.4 Å². The molecule has 0 aliphatic heterocycles. The third kappa shape index (κ3) is 14.7. The van der Waals surface area contributed by atoms with Crippen molar-refractivity contribution in [2.75, 3.05) is 33.0 Å². The van der Waals surface area contributed by atoms with E-state index in [1.165, 1.54) is 18.2 Å². The summed E-state index contributed by atoms with van der Waals surface area (Å²) in [7, 11) is 0. The number of carbonyl (C=O) groups excluding carboxylic acids is 1. The van der Waals surface area contributed by atoms with Gasteiger partial charge in [-0.3, -0.25) is 4.79 Å². The molecule has 1 fully saturated rings. The predicted molar refractivity (Wildman–Crippen MR) is 147 cm³/mol. The van der Waals surface area contributed by atoms with Gasteiger partial charge in [0.05, 0.1) is 31.0 Å². The van der Waals surface area contributed by atoms with Crippen molar-refractivity contribution in [2.24, 2.45) is 11.8 Å². The van der Waals surface area contributed by atoms with Gasteiger partial charge in [-0.25, -0.2) is 0 Å². The molecule has 5 atom stereocenters. The maximum Gasteiger partial charge on any atom is 0.416 e. The molecule has 0 unspecified atom stereocenters. The highest BCUT2D eigenvalue weighted by atomic mass is 19.4. The van der Waals surface area contributed by atoms with Crippen LogP contribution in [0.4, 0.5) is 13.2 Å². The van der Waals surface area contributed by atoms with Gasteiger partial charge < -0.3 is 34.4 Å². The standard InChI is InChI=1S/C29H40F3NO10/c30-29(31,32)21-8-7-9-23(18-21)42-20-22(34)12-13-25-24(26(35)19-27(25)36)10-3-1-2-4-11-28(37)41-17-16-40-14-5-6-15-43-33(38)39/h1,3,7-9,12-13,18,22,24-27,34-36H,2,4-6,10-11,14-17,19-20H2/t22-,24-,25-,26+,27-/m1/s1. The number of rotatable bonds is 20. The van der Waals surface area contributed by atoms with E-state index in [0.29, 0.717) is 38.7 Å². The first kappa shape index (κ1) is 36.0. The maximum atomic E-state index is 12.9. The van der Waals surface area contributed by atoms with Gasteiger partial charge in [0.25, 0.3) is 5.09 Å². The average molecular weight is 620 g/mol. The molecule has 242 valence electrons. The highest BCUT2D eigenvalue weighted by Gasteiger charge is 2.39. The molecular formula is C29H40F3NO10. The summed E-state index contributed by atoms with van der Waals surface area (Å²) < 4.78 is 54.2. The van der Waals surface area contributed by atoms with Gasteiger partial charge in [0.1, 0.15) is 25.1 Å². The quantitative estimate of drug-likeness (QED) is 0.0640. The lowest BCUT2D eigenvalue weighted by Gasteiger charge is -2.19. The Labute approximate surface area is 248 Å². The van der Waals surface area contributed by atoms with Gasteiger partial charge in [0, 0.05) is 25.4 Å². The molecule has 0 heterocycles.